The Morgan fingerprint density at radius 1 is 1.31 bits per heavy atom. The van der Waals surface area contributed by atoms with Gasteiger partial charge in [0, 0.05) is 19.1 Å². The van der Waals surface area contributed by atoms with Crippen LogP contribution < -0.4 is 4.74 Å². The third-order valence-electron chi connectivity index (χ3n) is 5.89. The number of hydrogen-bond donors (Lipinski definition) is 1. The average Bonchev–Trinajstić information content (AvgIpc) is 3.36. The minimum Gasteiger partial charge on any atom is -0.476 e. The van der Waals surface area contributed by atoms with Gasteiger partial charge in [0.1, 0.15) is 0 Å². The molecule has 0 spiro atoms. The number of aliphatic hydroxyl groups excluding tert-OH is 1. The Morgan fingerprint density at radius 2 is 1.93 bits per heavy atom. The molecule has 1 aliphatic carbocycles. The van der Waals surface area contributed by atoms with Gasteiger partial charge in [-0.05, 0) is 74.3 Å². The molecular formula is C21H40IN3O3Si. The van der Waals surface area contributed by atoms with Gasteiger partial charge in [-0.25, -0.2) is 0 Å². The summed E-state index contributed by atoms with van der Waals surface area (Å²) in [5.74, 6) is 0.704. The standard InChI is InChI=1S/C21H40IN3O3Si/c1-9-27-20-19(22)18(14-24(12-15(2)26)17-10-11-17)25(23-20)13-16(3)28-29(7,8)21(4,5)6/h15-17,26H,9-14H2,1-8H3/t15-,16-/m0/s1. The lowest BCUT2D eigenvalue weighted by Crippen LogP contribution is -2.44. The molecule has 1 fully saturated rings. The average molecular weight is 538 g/mol. The van der Waals surface area contributed by atoms with Crippen LogP contribution >= 0.6 is 22.6 Å². The summed E-state index contributed by atoms with van der Waals surface area (Å²) in [6.07, 6.45) is 2.16. The second-order valence-corrected chi connectivity index (χ2v) is 15.7. The number of nitrogens with zero attached hydrogens (tertiary/aromatic N) is 3. The van der Waals surface area contributed by atoms with Crippen molar-refractivity contribution in [3.05, 3.63) is 9.26 Å². The number of ether oxygens (including phenoxy) is 1. The number of aliphatic hydroxyl groups is 1. The smallest absolute Gasteiger partial charge is 0.246 e. The van der Waals surface area contributed by atoms with Gasteiger partial charge in [-0.15, -0.1) is 5.10 Å². The predicted octanol–water partition coefficient (Wildman–Crippen LogP) is 4.64. The van der Waals surface area contributed by atoms with Gasteiger partial charge in [-0.2, -0.15) is 0 Å². The summed E-state index contributed by atoms with van der Waals surface area (Å²) < 4.78 is 15.5. The van der Waals surface area contributed by atoms with E-state index in [1.807, 2.05) is 13.8 Å². The Bertz CT molecular complexity index is 669. The zero-order chi connectivity index (χ0) is 22.0. The topological polar surface area (TPSA) is 59.8 Å². The summed E-state index contributed by atoms with van der Waals surface area (Å²) in [5.41, 5.74) is 1.16. The summed E-state index contributed by atoms with van der Waals surface area (Å²) >= 11 is 2.35. The molecule has 2 rings (SSSR count). The van der Waals surface area contributed by atoms with Crippen molar-refractivity contribution in [2.45, 2.75) is 104 Å². The number of hydrogen-bond acceptors (Lipinski definition) is 5. The van der Waals surface area contributed by atoms with E-state index in [1.54, 1.807) is 0 Å². The maximum atomic E-state index is 9.95. The highest BCUT2D eigenvalue weighted by Crippen LogP contribution is 2.38. The largest absolute Gasteiger partial charge is 0.476 e. The van der Waals surface area contributed by atoms with Gasteiger partial charge in [-0.3, -0.25) is 9.58 Å². The minimum absolute atomic E-state index is 0.0750. The van der Waals surface area contributed by atoms with E-state index in [0.29, 0.717) is 31.6 Å². The maximum absolute atomic E-state index is 9.95. The molecule has 8 heteroatoms. The Morgan fingerprint density at radius 3 is 2.41 bits per heavy atom. The quantitative estimate of drug-likeness (QED) is 0.329. The third-order valence-corrected chi connectivity index (χ3v) is 11.6. The highest BCUT2D eigenvalue weighted by molar-refractivity contribution is 14.1. The molecule has 0 aliphatic heterocycles. The van der Waals surface area contributed by atoms with Crippen LogP contribution in [0.3, 0.4) is 0 Å². The van der Waals surface area contributed by atoms with Gasteiger partial charge in [0.15, 0.2) is 8.32 Å². The summed E-state index contributed by atoms with van der Waals surface area (Å²) in [4.78, 5) is 2.38. The van der Waals surface area contributed by atoms with Crippen LogP contribution in [0.15, 0.2) is 0 Å². The molecule has 0 bridgehead atoms. The Hall–Kier alpha value is -0.163. The van der Waals surface area contributed by atoms with Gasteiger partial charge >= 0.3 is 0 Å². The van der Waals surface area contributed by atoms with Gasteiger partial charge in [0.2, 0.25) is 5.88 Å². The molecule has 0 radical (unpaired) electrons. The monoisotopic (exact) mass is 537 g/mol. The van der Waals surface area contributed by atoms with Crippen LogP contribution in [0.5, 0.6) is 5.88 Å². The van der Waals surface area contributed by atoms with Crippen LogP contribution in [0.4, 0.5) is 0 Å². The zero-order valence-corrected chi connectivity index (χ0v) is 22.6. The van der Waals surface area contributed by atoms with Crippen molar-refractivity contribution in [1.82, 2.24) is 14.7 Å². The number of aromatic nitrogens is 2. The fourth-order valence-electron chi connectivity index (χ4n) is 3.26. The Balaban J connectivity index is 2.22. The minimum atomic E-state index is -1.84. The highest BCUT2D eigenvalue weighted by Gasteiger charge is 2.39. The molecule has 0 amide bonds. The number of rotatable bonds is 11. The van der Waals surface area contributed by atoms with Gasteiger partial charge in [0.05, 0.1) is 34.6 Å². The molecule has 1 aromatic rings. The summed E-state index contributed by atoms with van der Waals surface area (Å²) in [6.45, 7) is 20.2. The third kappa shape index (κ3) is 6.92. The van der Waals surface area contributed by atoms with Crippen molar-refractivity contribution in [3.8, 4) is 5.88 Å². The Kier molecular flexibility index (Phi) is 8.63. The fraction of sp³-hybridized carbons (Fsp3) is 0.857. The lowest BCUT2D eigenvalue weighted by molar-refractivity contribution is 0.114. The van der Waals surface area contributed by atoms with Crippen LogP contribution in [0.2, 0.25) is 18.1 Å². The Labute approximate surface area is 191 Å². The van der Waals surface area contributed by atoms with Crippen LogP contribution in [0.25, 0.3) is 0 Å². The van der Waals surface area contributed by atoms with Crippen molar-refractivity contribution in [2.24, 2.45) is 0 Å². The normalized spacial score (nSPS) is 17.6. The van der Waals surface area contributed by atoms with E-state index in [9.17, 15) is 5.11 Å². The molecule has 0 saturated heterocycles. The second kappa shape index (κ2) is 9.97. The molecule has 1 N–H and O–H groups in total. The molecule has 1 heterocycles. The van der Waals surface area contributed by atoms with Gasteiger partial charge < -0.3 is 14.3 Å². The summed E-state index contributed by atoms with van der Waals surface area (Å²) in [7, 11) is -1.84. The molecule has 1 saturated carbocycles. The first kappa shape index (κ1) is 25.1. The van der Waals surface area contributed by atoms with Crippen LogP contribution in [-0.2, 0) is 17.5 Å². The lowest BCUT2D eigenvalue weighted by Gasteiger charge is -2.38. The summed E-state index contributed by atoms with van der Waals surface area (Å²) in [6, 6.07) is 0.570. The molecule has 0 unspecified atom stereocenters. The van der Waals surface area contributed by atoms with Crippen molar-refractivity contribution >= 4 is 30.9 Å². The van der Waals surface area contributed by atoms with Crippen LogP contribution in [-0.4, -0.2) is 59.5 Å². The first-order valence-corrected chi connectivity index (χ1v) is 14.8. The second-order valence-electron chi connectivity index (χ2n) is 9.88. The maximum Gasteiger partial charge on any atom is 0.246 e. The zero-order valence-electron chi connectivity index (χ0n) is 19.5. The molecule has 0 aromatic carbocycles. The lowest BCUT2D eigenvalue weighted by atomic mass is 10.2. The van der Waals surface area contributed by atoms with E-state index < -0.39 is 8.32 Å². The highest BCUT2D eigenvalue weighted by atomic mass is 127. The molecule has 29 heavy (non-hydrogen) atoms. The molecule has 2 atom stereocenters. The molecular weight excluding hydrogens is 497 g/mol. The number of halogens is 1. The van der Waals surface area contributed by atoms with E-state index >= 15 is 0 Å². The fourth-order valence-corrected chi connectivity index (χ4v) is 5.40. The molecule has 1 aromatic heterocycles. The van der Waals surface area contributed by atoms with Crippen molar-refractivity contribution in [2.75, 3.05) is 13.2 Å². The molecule has 168 valence electrons. The van der Waals surface area contributed by atoms with Crippen molar-refractivity contribution in [1.29, 1.82) is 0 Å². The van der Waals surface area contributed by atoms with E-state index in [0.717, 1.165) is 15.8 Å². The van der Waals surface area contributed by atoms with Crippen LogP contribution in [0.1, 0.15) is 60.1 Å². The van der Waals surface area contributed by atoms with E-state index in [1.165, 1.54) is 12.8 Å². The summed E-state index contributed by atoms with van der Waals surface area (Å²) in [5, 5.41) is 14.9. The van der Waals surface area contributed by atoms with Crippen molar-refractivity contribution in [3.63, 3.8) is 0 Å². The van der Waals surface area contributed by atoms with Crippen LogP contribution in [0, 0.1) is 3.57 Å². The van der Waals surface area contributed by atoms with Gasteiger partial charge in [0.25, 0.3) is 0 Å². The van der Waals surface area contributed by atoms with E-state index in [4.69, 9.17) is 14.3 Å². The SMILES string of the molecule is CCOc1nn(C[C@H](C)O[Si](C)(C)C(C)(C)C)c(CN(C[C@H](C)O)C2CC2)c1I. The first-order valence-electron chi connectivity index (χ1n) is 10.8. The van der Waals surface area contributed by atoms with E-state index in [2.05, 4.69) is 73.0 Å². The van der Waals surface area contributed by atoms with Gasteiger partial charge in [-0.1, -0.05) is 20.8 Å². The van der Waals surface area contributed by atoms with Crippen molar-refractivity contribution < 1.29 is 14.3 Å². The molecule has 6 nitrogen and oxygen atoms in total. The van der Waals surface area contributed by atoms with E-state index in [-0.39, 0.29) is 17.2 Å². The molecule has 1 aliphatic rings. The first-order chi connectivity index (χ1) is 13.4. The predicted molar refractivity (Wildman–Crippen MR) is 129 cm³/mol.